The van der Waals surface area contributed by atoms with Crippen molar-refractivity contribution < 1.29 is 8.42 Å². The Bertz CT molecular complexity index is 699. The summed E-state index contributed by atoms with van der Waals surface area (Å²) in [5.74, 6) is 0. The van der Waals surface area contributed by atoms with Gasteiger partial charge in [-0.1, -0.05) is 51.1 Å². The van der Waals surface area contributed by atoms with Crippen molar-refractivity contribution in [3.63, 3.8) is 0 Å². The summed E-state index contributed by atoms with van der Waals surface area (Å²) in [6, 6.07) is 16.2. The Kier molecular flexibility index (Phi) is 4.10. The lowest BCUT2D eigenvalue weighted by molar-refractivity contribution is 0.586. The third kappa shape index (κ3) is 3.27. The second kappa shape index (κ2) is 5.53. The Balaban J connectivity index is 2.36. The van der Waals surface area contributed by atoms with Gasteiger partial charge in [-0.25, -0.2) is 8.42 Å². The number of hydrogen-bond acceptors (Lipinski definition) is 2. The van der Waals surface area contributed by atoms with Gasteiger partial charge in [0.1, 0.15) is 0 Å². The highest BCUT2D eigenvalue weighted by Crippen LogP contribution is 2.26. The molecule has 0 saturated carbocycles. The Morgan fingerprint density at radius 3 is 1.86 bits per heavy atom. The maximum Gasteiger partial charge on any atom is 0.264 e. The molecule has 21 heavy (non-hydrogen) atoms. The fourth-order valence-electron chi connectivity index (χ4n) is 2.06. The average Bonchev–Trinajstić information content (AvgIpc) is 2.46. The maximum absolute atomic E-state index is 12.6. The highest BCUT2D eigenvalue weighted by molar-refractivity contribution is 7.92. The number of sulfonamides is 1. The van der Waals surface area contributed by atoms with E-state index in [2.05, 4.69) is 20.8 Å². The Morgan fingerprint density at radius 1 is 0.857 bits per heavy atom. The van der Waals surface area contributed by atoms with Crippen molar-refractivity contribution in [2.45, 2.75) is 31.1 Å². The summed E-state index contributed by atoms with van der Waals surface area (Å²) in [7, 11) is -1.95. The van der Waals surface area contributed by atoms with Crippen molar-refractivity contribution >= 4 is 15.7 Å². The molecule has 0 spiro atoms. The zero-order valence-electron chi connectivity index (χ0n) is 12.9. The molecule has 0 aliphatic rings. The van der Waals surface area contributed by atoms with Crippen LogP contribution in [-0.2, 0) is 15.4 Å². The van der Waals surface area contributed by atoms with Gasteiger partial charge in [-0.05, 0) is 35.2 Å². The molecule has 0 atom stereocenters. The number of benzene rings is 2. The molecule has 2 aromatic carbocycles. The van der Waals surface area contributed by atoms with Gasteiger partial charge < -0.3 is 0 Å². The van der Waals surface area contributed by atoms with Crippen molar-refractivity contribution in [2.24, 2.45) is 0 Å². The van der Waals surface area contributed by atoms with E-state index in [1.807, 2.05) is 30.3 Å². The van der Waals surface area contributed by atoms with E-state index < -0.39 is 10.0 Å². The minimum Gasteiger partial charge on any atom is -0.269 e. The number of hydrogen-bond donors (Lipinski definition) is 0. The van der Waals surface area contributed by atoms with E-state index in [-0.39, 0.29) is 5.41 Å². The lowest BCUT2D eigenvalue weighted by Gasteiger charge is -2.22. The smallest absolute Gasteiger partial charge is 0.264 e. The first kappa shape index (κ1) is 15.6. The van der Waals surface area contributed by atoms with E-state index in [9.17, 15) is 8.42 Å². The number of anilines is 1. The van der Waals surface area contributed by atoms with Crippen LogP contribution in [0.15, 0.2) is 59.5 Å². The van der Waals surface area contributed by atoms with Crippen LogP contribution in [0.3, 0.4) is 0 Å². The van der Waals surface area contributed by atoms with E-state index in [1.54, 1.807) is 31.3 Å². The summed E-state index contributed by atoms with van der Waals surface area (Å²) in [4.78, 5) is 0.307. The first-order valence-corrected chi connectivity index (χ1v) is 8.31. The van der Waals surface area contributed by atoms with Crippen LogP contribution < -0.4 is 4.31 Å². The van der Waals surface area contributed by atoms with E-state index >= 15 is 0 Å². The van der Waals surface area contributed by atoms with Gasteiger partial charge in [-0.3, -0.25) is 4.31 Å². The van der Waals surface area contributed by atoms with Crippen LogP contribution in [0.25, 0.3) is 0 Å². The van der Waals surface area contributed by atoms with E-state index in [0.717, 1.165) is 5.56 Å². The SMILES string of the molecule is CN(c1ccccc1)S(=O)(=O)c1ccc(C(C)(C)C)cc1. The van der Waals surface area contributed by atoms with Crippen molar-refractivity contribution in [1.82, 2.24) is 0 Å². The summed E-state index contributed by atoms with van der Waals surface area (Å²) in [5, 5.41) is 0. The minimum atomic E-state index is -3.52. The van der Waals surface area contributed by atoms with E-state index in [4.69, 9.17) is 0 Å². The third-order valence-corrected chi connectivity index (χ3v) is 5.30. The fourth-order valence-corrected chi connectivity index (χ4v) is 3.26. The minimum absolute atomic E-state index is 0.00756. The van der Waals surface area contributed by atoms with E-state index in [1.165, 1.54) is 4.31 Å². The summed E-state index contributed by atoms with van der Waals surface area (Å²) in [5.41, 5.74) is 1.77. The molecule has 0 saturated heterocycles. The van der Waals surface area contributed by atoms with Gasteiger partial charge in [0.25, 0.3) is 10.0 Å². The van der Waals surface area contributed by atoms with Crippen LogP contribution in [0.1, 0.15) is 26.3 Å². The summed E-state index contributed by atoms with van der Waals surface area (Å²) < 4.78 is 26.5. The van der Waals surface area contributed by atoms with Gasteiger partial charge in [0, 0.05) is 7.05 Å². The van der Waals surface area contributed by atoms with Crippen molar-refractivity contribution in [3.05, 3.63) is 60.2 Å². The molecule has 4 heteroatoms. The molecule has 2 rings (SSSR count). The van der Waals surface area contributed by atoms with Gasteiger partial charge in [-0.15, -0.1) is 0 Å². The highest BCUT2D eigenvalue weighted by atomic mass is 32.2. The Labute approximate surface area is 127 Å². The predicted octanol–water partition coefficient (Wildman–Crippen LogP) is 3.81. The quantitative estimate of drug-likeness (QED) is 0.864. The normalized spacial score (nSPS) is 12.2. The largest absolute Gasteiger partial charge is 0.269 e. The maximum atomic E-state index is 12.6. The summed E-state index contributed by atoms with van der Waals surface area (Å²) in [6.07, 6.45) is 0. The molecule has 0 heterocycles. The molecule has 0 unspecified atom stereocenters. The third-order valence-electron chi connectivity index (χ3n) is 3.50. The van der Waals surface area contributed by atoms with Crippen LogP contribution in [0.2, 0.25) is 0 Å². The monoisotopic (exact) mass is 303 g/mol. The molecule has 3 nitrogen and oxygen atoms in total. The lowest BCUT2D eigenvalue weighted by Crippen LogP contribution is -2.26. The summed E-state index contributed by atoms with van der Waals surface area (Å²) in [6.45, 7) is 6.31. The first-order valence-electron chi connectivity index (χ1n) is 6.87. The lowest BCUT2D eigenvalue weighted by atomic mass is 9.87. The predicted molar refractivity (Wildman–Crippen MR) is 87.2 cm³/mol. The molecule has 0 radical (unpaired) electrons. The standard InChI is InChI=1S/C17H21NO2S/c1-17(2,3)14-10-12-16(13-11-14)21(19,20)18(4)15-8-6-5-7-9-15/h5-13H,1-4H3. The second-order valence-electron chi connectivity index (χ2n) is 6.08. The van der Waals surface area contributed by atoms with E-state index in [0.29, 0.717) is 10.6 Å². The fraction of sp³-hybridized carbons (Fsp3) is 0.294. The van der Waals surface area contributed by atoms with Crippen LogP contribution in [0.5, 0.6) is 0 Å². The average molecular weight is 303 g/mol. The van der Waals surface area contributed by atoms with Crippen molar-refractivity contribution in [2.75, 3.05) is 11.4 Å². The van der Waals surface area contributed by atoms with Crippen molar-refractivity contribution in [1.29, 1.82) is 0 Å². The first-order chi connectivity index (χ1) is 9.73. The molecule has 0 aromatic heterocycles. The van der Waals surface area contributed by atoms with Gasteiger partial charge in [0.05, 0.1) is 10.6 Å². The molecule has 0 aliphatic heterocycles. The molecule has 0 bridgehead atoms. The van der Waals surface area contributed by atoms with Gasteiger partial charge >= 0.3 is 0 Å². The van der Waals surface area contributed by atoms with Gasteiger partial charge in [0.15, 0.2) is 0 Å². The van der Waals surface area contributed by atoms with Crippen LogP contribution in [0.4, 0.5) is 5.69 Å². The molecule has 0 fully saturated rings. The molecule has 0 N–H and O–H groups in total. The van der Waals surface area contributed by atoms with Crippen LogP contribution >= 0.6 is 0 Å². The topological polar surface area (TPSA) is 37.4 Å². The molecule has 0 amide bonds. The summed E-state index contributed by atoms with van der Waals surface area (Å²) >= 11 is 0. The molecule has 0 aliphatic carbocycles. The van der Waals surface area contributed by atoms with Crippen LogP contribution in [0, 0.1) is 0 Å². The Hall–Kier alpha value is -1.81. The highest BCUT2D eigenvalue weighted by Gasteiger charge is 2.22. The molecule has 2 aromatic rings. The van der Waals surface area contributed by atoms with Gasteiger partial charge in [0.2, 0.25) is 0 Å². The van der Waals surface area contributed by atoms with Crippen LogP contribution in [-0.4, -0.2) is 15.5 Å². The Morgan fingerprint density at radius 2 is 1.38 bits per heavy atom. The second-order valence-corrected chi connectivity index (χ2v) is 8.05. The molecular formula is C17H21NO2S. The zero-order chi connectivity index (χ0) is 15.7. The molecule has 112 valence electrons. The van der Waals surface area contributed by atoms with Gasteiger partial charge in [-0.2, -0.15) is 0 Å². The van der Waals surface area contributed by atoms with Crippen molar-refractivity contribution in [3.8, 4) is 0 Å². The number of rotatable bonds is 3. The molecular weight excluding hydrogens is 282 g/mol. The zero-order valence-corrected chi connectivity index (χ0v) is 13.7. The number of nitrogens with zero attached hydrogens (tertiary/aromatic N) is 1. The number of para-hydroxylation sites is 1.